The molecule has 4 N–H and O–H groups in total. The van der Waals surface area contributed by atoms with Gasteiger partial charge < -0.3 is 49.1 Å². The van der Waals surface area contributed by atoms with Crippen LogP contribution in [-0.4, -0.2) is 87.6 Å². The third-order valence-corrected chi connectivity index (χ3v) is 14.7. The summed E-state index contributed by atoms with van der Waals surface area (Å²) in [7, 11) is 1.52. The SMILES string of the molecule is CO[C@H]1/C=C/O[C@@]2(C)Oc3c(C)c(O)c4c(O)c(c(C5SCCS5)c(O)c4c3C2=O)NC(=O)/C(C)=C\C=C\[C@H](C)[C@@H]2OC(C)(C)O[C@@H]([C@@H](C)[C@H](OC(C)=O)[C@@H]1C)[C@@H]2C. The Hall–Kier alpha value is -3.89. The first kappa shape index (κ1) is 43.7. The number of allylic oxidation sites excluding steroid dienone is 2. The monoisotopic (exact) mass is 841 g/mol. The third-order valence-electron chi connectivity index (χ3n) is 11.6. The molecule has 7 bridgehead atoms. The van der Waals surface area contributed by atoms with Gasteiger partial charge in [-0.2, -0.15) is 0 Å². The molecule has 0 spiro atoms. The van der Waals surface area contributed by atoms with Crippen LogP contribution >= 0.6 is 23.5 Å². The van der Waals surface area contributed by atoms with Gasteiger partial charge in [-0.25, -0.2) is 0 Å². The second-order valence-electron chi connectivity index (χ2n) is 16.3. The van der Waals surface area contributed by atoms with E-state index in [4.69, 9.17) is 28.4 Å². The van der Waals surface area contributed by atoms with E-state index in [1.54, 1.807) is 25.2 Å². The lowest BCUT2D eigenvalue weighted by atomic mass is 9.77. The quantitative estimate of drug-likeness (QED) is 0.133. The molecule has 5 aliphatic rings. The molecule has 15 heteroatoms. The van der Waals surface area contributed by atoms with Crippen LogP contribution < -0.4 is 10.1 Å². The number of hydrogen-bond acceptors (Lipinski definition) is 14. The van der Waals surface area contributed by atoms with Gasteiger partial charge in [0.2, 0.25) is 0 Å². The minimum absolute atomic E-state index is 0.0207. The Morgan fingerprint density at radius 3 is 2.19 bits per heavy atom. The summed E-state index contributed by atoms with van der Waals surface area (Å²) in [5.74, 6) is -5.60. The molecule has 0 unspecified atom stereocenters. The fourth-order valence-corrected chi connectivity index (χ4v) is 11.5. The highest BCUT2D eigenvalue weighted by Crippen LogP contribution is 2.60. The summed E-state index contributed by atoms with van der Waals surface area (Å²) in [5, 5.41) is 38.2. The number of fused-ring (bicyclic) bond motifs is 10. The van der Waals surface area contributed by atoms with Gasteiger partial charge in [0.05, 0.1) is 45.8 Å². The maximum Gasteiger partial charge on any atom is 0.312 e. The molecule has 2 aromatic rings. The molecule has 9 atom stereocenters. The molecule has 5 heterocycles. The van der Waals surface area contributed by atoms with Gasteiger partial charge in [0.15, 0.2) is 11.5 Å². The summed E-state index contributed by atoms with van der Waals surface area (Å²) < 4.78 is 36.8. The lowest BCUT2D eigenvalue weighted by molar-refractivity contribution is -0.336. The zero-order chi connectivity index (χ0) is 42.6. The highest BCUT2D eigenvalue weighted by atomic mass is 32.2. The Morgan fingerprint density at radius 2 is 1.55 bits per heavy atom. The Balaban J connectivity index is 1.53. The predicted octanol–water partition coefficient (Wildman–Crippen LogP) is 8.03. The van der Waals surface area contributed by atoms with Crippen molar-refractivity contribution in [3.8, 4) is 23.0 Å². The van der Waals surface area contributed by atoms with Crippen molar-refractivity contribution in [2.24, 2.45) is 23.7 Å². The minimum atomic E-state index is -1.97. The number of esters is 1. The molecule has 0 aliphatic carbocycles. The maximum atomic E-state index is 14.5. The van der Waals surface area contributed by atoms with E-state index in [1.807, 2.05) is 47.6 Å². The van der Waals surface area contributed by atoms with E-state index in [1.165, 1.54) is 57.7 Å². The molecule has 7 rings (SSSR count). The average Bonchev–Trinajstić information content (AvgIpc) is 3.79. The first-order valence-electron chi connectivity index (χ1n) is 19.5. The predicted molar refractivity (Wildman–Crippen MR) is 223 cm³/mol. The summed E-state index contributed by atoms with van der Waals surface area (Å²) >= 11 is 3.03. The molecule has 1 amide bonds. The number of Topliss-reactive ketones (excluding diaryl/α,β-unsaturated/α-hetero) is 1. The summed E-state index contributed by atoms with van der Waals surface area (Å²) in [4.78, 5) is 40.9. The van der Waals surface area contributed by atoms with Crippen LogP contribution in [0, 0.1) is 30.6 Å². The molecular formula is C43H55NO12S2. The number of aromatic hydroxyl groups is 3. The normalized spacial score (nSPS) is 33.9. The van der Waals surface area contributed by atoms with Crippen LogP contribution in [0.15, 0.2) is 36.1 Å². The zero-order valence-electron chi connectivity index (χ0n) is 34.8. The van der Waals surface area contributed by atoms with Crippen molar-refractivity contribution in [3.05, 3.63) is 52.8 Å². The van der Waals surface area contributed by atoms with Crippen molar-refractivity contribution < 1.29 is 58.1 Å². The molecule has 2 aromatic carbocycles. The van der Waals surface area contributed by atoms with Crippen LogP contribution in [0.5, 0.6) is 23.0 Å². The Labute approximate surface area is 347 Å². The largest absolute Gasteiger partial charge is 0.507 e. The van der Waals surface area contributed by atoms with Gasteiger partial charge >= 0.3 is 11.8 Å². The molecule has 0 radical (unpaired) electrons. The topological polar surface area (TPSA) is 179 Å². The third kappa shape index (κ3) is 7.92. The van der Waals surface area contributed by atoms with E-state index in [2.05, 4.69) is 5.32 Å². The van der Waals surface area contributed by atoms with Gasteiger partial charge in [0.25, 0.3) is 11.7 Å². The summed E-state index contributed by atoms with van der Waals surface area (Å²) in [6.45, 7) is 17.5. The van der Waals surface area contributed by atoms with Gasteiger partial charge in [-0.15, -0.1) is 23.5 Å². The van der Waals surface area contributed by atoms with Crippen LogP contribution in [0.25, 0.3) is 10.8 Å². The number of nitrogens with one attached hydrogen (secondary N) is 1. The number of ketones is 1. The molecule has 58 heavy (non-hydrogen) atoms. The molecule has 0 aromatic heterocycles. The second-order valence-corrected chi connectivity index (χ2v) is 19.0. The second kappa shape index (κ2) is 16.6. The number of methoxy groups -OCH3 is 1. The van der Waals surface area contributed by atoms with Gasteiger partial charge in [-0.1, -0.05) is 45.9 Å². The van der Waals surface area contributed by atoms with Gasteiger partial charge in [0, 0.05) is 78.2 Å². The number of carbonyl (C=O) groups is 3. The number of carbonyl (C=O) groups excluding carboxylic acids is 3. The first-order chi connectivity index (χ1) is 27.2. The summed E-state index contributed by atoms with van der Waals surface area (Å²) in [6.07, 6.45) is 6.16. The number of rotatable bonds is 3. The van der Waals surface area contributed by atoms with Crippen LogP contribution in [0.3, 0.4) is 0 Å². The van der Waals surface area contributed by atoms with Crippen LogP contribution in [0.4, 0.5) is 5.69 Å². The lowest BCUT2D eigenvalue weighted by Gasteiger charge is -2.50. The van der Waals surface area contributed by atoms with E-state index in [-0.39, 0.29) is 68.5 Å². The molecule has 316 valence electrons. The Bertz CT molecular complexity index is 2070. The average molecular weight is 842 g/mol. The molecule has 5 aliphatic heterocycles. The number of phenolic OH excluding ortho intramolecular Hbond substituents is 3. The number of ether oxygens (including phenoxy) is 6. The van der Waals surface area contributed by atoms with E-state index in [0.29, 0.717) is 5.57 Å². The number of phenols is 3. The molecule has 0 saturated carbocycles. The number of benzene rings is 2. The molecule has 2 saturated heterocycles. The van der Waals surface area contributed by atoms with E-state index < -0.39 is 69.5 Å². The van der Waals surface area contributed by atoms with Crippen LogP contribution in [-0.2, 0) is 33.3 Å². The highest BCUT2D eigenvalue weighted by molar-refractivity contribution is 8.19. The van der Waals surface area contributed by atoms with E-state index in [0.717, 1.165) is 11.5 Å². The number of anilines is 1. The number of thioether (sulfide) groups is 2. The maximum absolute atomic E-state index is 14.5. The number of amides is 1. The van der Waals surface area contributed by atoms with E-state index >= 15 is 0 Å². The van der Waals surface area contributed by atoms with Gasteiger partial charge in [-0.3, -0.25) is 14.4 Å². The summed E-state index contributed by atoms with van der Waals surface area (Å²) in [5.41, 5.74) is 0.474. The summed E-state index contributed by atoms with van der Waals surface area (Å²) in [6, 6.07) is 0. The Kier molecular flexibility index (Phi) is 12.5. The smallest absolute Gasteiger partial charge is 0.312 e. The first-order valence-corrected chi connectivity index (χ1v) is 21.6. The van der Waals surface area contributed by atoms with Crippen LogP contribution in [0.2, 0.25) is 0 Å². The highest BCUT2D eigenvalue weighted by Gasteiger charge is 2.51. The molecule has 2 fully saturated rings. The Morgan fingerprint density at radius 1 is 0.897 bits per heavy atom. The van der Waals surface area contributed by atoms with Crippen molar-refractivity contribution in [3.63, 3.8) is 0 Å². The molecular weight excluding hydrogens is 787 g/mol. The van der Waals surface area contributed by atoms with Gasteiger partial charge in [0.1, 0.15) is 23.4 Å². The van der Waals surface area contributed by atoms with Crippen molar-refractivity contribution in [1.29, 1.82) is 0 Å². The lowest BCUT2D eigenvalue weighted by Crippen LogP contribution is -2.56. The van der Waals surface area contributed by atoms with Crippen molar-refractivity contribution >= 4 is 57.6 Å². The zero-order valence-corrected chi connectivity index (χ0v) is 36.5. The fraction of sp³-hybridized carbons (Fsp3) is 0.558. The van der Waals surface area contributed by atoms with Crippen molar-refractivity contribution in [1.82, 2.24) is 0 Å². The van der Waals surface area contributed by atoms with Gasteiger partial charge in [-0.05, 0) is 33.8 Å². The molecule has 13 nitrogen and oxygen atoms in total. The van der Waals surface area contributed by atoms with Crippen molar-refractivity contribution in [2.75, 3.05) is 23.9 Å². The van der Waals surface area contributed by atoms with Crippen molar-refractivity contribution in [2.45, 2.75) is 110 Å². The fourth-order valence-electron chi connectivity index (χ4n) is 8.59. The number of hydrogen-bond donors (Lipinski definition) is 4. The minimum Gasteiger partial charge on any atom is -0.507 e. The standard InChI is InChI=1S/C43H55NO12S2/c1-19-13-12-14-20(2)40(50)44-31-30(41-57-17-18-58-41)33(47)27-28(34(31)48)32(46)22(4)38-29(27)39(49)43(10,56-38)52-16-15-26(51-11)21(3)36(53-25(7)45)24(6)37-23(5)35(19)54-42(8,9)55-37/h12-16,19,21,23-24,26,35-37,41,46-48H,17-18H2,1-11H3,(H,44,50)/b13-12+,16-15+,20-14-/t19-,21+,23+,24-,26-,35-,36+,37+,43-/m0/s1. The van der Waals surface area contributed by atoms with E-state index in [9.17, 15) is 29.7 Å². The van der Waals surface area contributed by atoms with Crippen LogP contribution in [0.1, 0.15) is 88.4 Å².